The van der Waals surface area contributed by atoms with Crippen LogP contribution in [0.25, 0.3) is 0 Å². The Morgan fingerprint density at radius 3 is 2.57 bits per heavy atom. The number of benzene rings is 1. The van der Waals surface area contributed by atoms with E-state index < -0.39 is 54.4 Å². The van der Waals surface area contributed by atoms with Crippen molar-refractivity contribution in [2.75, 3.05) is 6.61 Å². The number of aromatic amines is 1. The summed E-state index contributed by atoms with van der Waals surface area (Å²) in [6, 6.07) is 9.15. The molecule has 3 rings (SSSR count). The summed E-state index contributed by atoms with van der Waals surface area (Å²) in [5.41, 5.74) is -1.25. The van der Waals surface area contributed by atoms with Crippen LogP contribution < -0.4 is 11.2 Å². The Morgan fingerprint density at radius 2 is 1.93 bits per heavy atom. The lowest BCUT2D eigenvalue weighted by molar-refractivity contribution is -0.152. The van der Waals surface area contributed by atoms with Gasteiger partial charge in [-0.1, -0.05) is 18.2 Å². The predicted molar refractivity (Wildman–Crippen MR) is 92.4 cm³/mol. The van der Waals surface area contributed by atoms with Crippen LogP contribution in [0.2, 0.25) is 0 Å². The molecule has 1 fully saturated rings. The van der Waals surface area contributed by atoms with Gasteiger partial charge in [-0.3, -0.25) is 19.1 Å². The predicted octanol–water partition coefficient (Wildman–Crippen LogP) is 0.561. The van der Waals surface area contributed by atoms with Crippen LogP contribution in [0.4, 0.5) is 4.39 Å². The molecule has 4 atom stereocenters. The minimum Gasteiger partial charge on any atom is -0.459 e. The van der Waals surface area contributed by atoms with Crippen molar-refractivity contribution in [2.45, 2.75) is 31.5 Å². The summed E-state index contributed by atoms with van der Waals surface area (Å²) >= 11 is 0. The van der Waals surface area contributed by atoms with Gasteiger partial charge in [0.25, 0.3) is 5.56 Å². The van der Waals surface area contributed by atoms with Crippen LogP contribution in [0.5, 0.6) is 0 Å². The van der Waals surface area contributed by atoms with Gasteiger partial charge in [-0.15, -0.1) is 0 Å². The number of H-pyrrole nitrogens is 1. The third kappa shape index (κ3) is 4.17. The van der Waals surface area contributed by atoms with Crippen LogP contribution in [0.1, 0.15) is 23.5 Å². The van der Waals surface area contributed by atoms with Crippen LogP contribution in [-0.4, -0.2) is 46.5 Å². The van der Waals surface area contributed by atoms with Crippen LogP contribution >= 0.6 is 0 Å². The molecule has 0 bridgehead atoms. The standard InChI is InChI=1S/C18H17FN2O7/c1-10(22)27-15-12(9-26-17(24)11-5-3-2-4-6-11)28-16(14(15)19)21-8-7-13(23)20-18(21)25/h2-8,12,14-16H,9H2,1H3,(H,20,23,25)/t12-,14+,15-,16-/m1/s1. The molecule has 10 heteroatoms. The molecule has 0 unspecified atom stereocenters. The van der Waals surface area contributed by atoms with Crippen LogP contribution in [0.15, 0.2) is 52.2 Å². The molecule has 2 heterocycles. The van der Waals surface area contributed by atoms with Crippen molar-refractivity contribution < 1.29 is 28.2 Å². The van der Waals surface area contributed by atoms with Crippen molar-refractivity contribution in [3.8, 4) is 0 Å². The summed E-state index contributed by atoms with van der Waals surface area (Å²) in [6.45, 7) is 0.694. The molecule has 148 valence electrons. The molecular weight excluding hydrogens is 375 g/mol. The van der Waals surface area contributed by atoms with E-state index in [-0.39, 0.29) is 5.56 Å². The number of carbonyl (C=O) groups is 2. The molecule has 0 amide bonds. The first-order chi connectivity index (χ1) is 13.4. The minimum absolute atomic E-state index is 0.287. The second-order valence-electron chi connectivity index (χ2n) is 6.07. The molecule has 1 aliphatic rings. The number of rotatable bonds is 5. The lowest BCUT2D eigenvalue weighted by Crippen LogP contribution is -2.38. The molecule has 28 heavy (non-hydrogen) atoms. The summed E-state index contributed by atoms with van der Waals surface area (Å²) < 4.78 is 31.3. The molecule has 1 saturated heterocycles. The Hall–Kier alpha value is -3.27. The van der Waals surface area contributed by atoms with E-state index in [2.05, 4.69) is 0 Å². The first-order valence-electron chi connectivity index (χ1n) is 8.37. The molecule has 0 saturated carbocycles. The van der Waals surface area contributed by atoms with Crippen molar-refractivity contribution in [1.29, 1.82) is 0 Å². The van der Waals surface area contributed by atoms with Gasteiger partial charge < -0.3 is 14.2 Å². The quantitative estimate of drug-likeness (QED) is 0.739. The highest BCUT2D eigenvalue weighted by Gasteiger charge is 2.49. The molecule has 9 nitrogen and oxygen atoms in total. The van der Waals surface area contributed by atoms with E-state index >= 15 is 0 Å². The van der Waals surface area contributed by atoms with Gasteiger partial charge in [0, 0.05) is 19.2 Å². The molecule has 0 spiro atoms. The van der Waals surface area contributed by atoms with E-state index in [1.807, 2.05) is 4.98 Å². The number of carbonyl (C=O) groups excluding carboxylic acids is 2. The summed E-state index contributed by atoms with van der Waals surface area (Å²) in [4.78, 5) is 48.5. The minimum atomic E-state index is -1.92. The van der Waals surface area contributed by atoms with Crippen molar-refractivity contribution in [1.82, 2.24) is 9.55 Å². The highest BCUT2D eigenvalue weighted by Crippen LogP contribution is 2.33. The van der Waals surface area contributed by atoms with Gasteiger partial charge >= 0.3 is 17.6 Å². The van der Waals surface area contributed by atoms with E-state index in [1.165, 1.54) is 0 Å². The Balaban J connectivity index is 1.78. The zero-order valence-corrected chi connectivity index (χ0v) is 14.7. The van der Waals surface area contributed by atoms with Crippen LogP contribution in [-0.2, 0) is 19.0 Å². The third-order valence-electron chi connectivity index (χ3n) is 4.08. The fourth-order valence-electron chi connectivity index (χ4n) is 2.83. The zero-order valence-electron chi connectivity index (χ0n) is 14.7. The zero-order chi connectivity index (χ0) is 20.3. The van der Waals surface area contributed by atoms with Gasteiger partial charge in [0.05, 0.1) is 5.56 Å². The van der Waals surface area contributed by atoms with E-state index in [9.17, 15) is 23.6 Å². The average Bonchev–Trinajstić information content (AvgIpc) is 2.96. The number of aromatic nitrogens is 2. The van der Waals surface area contributed by atoms with Gasteiger partial charge in [-0.2, -0.15) is 0 Å². The topological polar surface area (TPSA) is 117 Å². The second kappa shape index (κ2) is 8.17. The highest BCUT2D eigenvalue weighted by atomic mass is 19.1. The molecule has 0 radical (unpaired) electrons. The molecule has 0 aliphatic carbocycles. The SMILES string of the molecule is CC(=O)O[C@H]1[C@H](F)[C@H](n2ccc(=O)[nH]c2=O)O[C@@H]1COC(=O)c1ccccc1. The van der Waals surface area contributed by atoms with Crippen molar-refractivity contribution in [3.05, 3.63) is 69.0 Å². The van der Waals surface area contributed by atoms with Gasteiger partial charge in [-0.25, -0.2) is 14.0 Å². The van der Waals surface area contributed by atoms with E-state index in [0.29, 0.717) is 0 Å². The summed E-state index contributed by atoms with van der Waals surface area (Å²) in [6.07, 6.45) is -4.86. The summed E-state index contributed by atoms with van der Waals surface area (Å²) in [7, 11) is 0. The Bertz CT molecular complexity index is 972. The van der Waals surface area contributed by atoms with Gasteiger partial charge in [0.15, 0.2) is 18.5 Å². The first-order valence-corrected chi connectivity index (χ1v) is 8.37. The second-order valence-corrected chi connectivity index (χ2v) is 6.07. The first kappa shape index (κ1) is 19.5. The van der Waals surface area contributed by atoms with Gasteiger partial charge in [-0.05, 0) is 12.1 Å². The number of hydrogen-bond acceptors (Lipinski definition) is 7. The Labute approximate surface area is 157 Å². The summed E-state index contributed by atoms with van der Waals surface area (Å²) in [5.74, 6) is -1.42. The van der Waals surface area contributed by atoms with E-state index in [4.69, 9.17) is 14.2 Å². The smallest absolute Gasteiger partial charge is 0.338 e. The molecule has 1 aromatic carbocycles. The molecule has 2 aromatic rings. The fraction of sp³-hybridized carbons (Fsp3) is 0.333. The lowest BCUT2D eigenvalue weighted by atomic mass is 10.1. The number of esters is 2. The lowest BCUT2D eigenvalue weighted by Gasteiger charge is -2.18. The van der Waals surface area contributed by atoms with Crippen LogP contribution in [0, 0.1) is 0 Å². The fourth-order valence-corrected chi connectivity index (χ4v) is 2.83. The van der Waals surface area contributed by atoms with Gasteiger partial charge in [0.2, 0.25) is 0 Å². The number of alkyl halides is 1. The maximum Gasteiger partial charge on any atom is 0.338 e. The average molecular weight is 392 g/mol. The van der Waals surface area contributed by atoms with Crippen LogP contribution in [0.3, 0.4) is 0 Å². The number of halogens is 1. The van der Waals surface area contributed by atoms with Crippen molar-refractivity contribution >= 4 is 11.9 Å². The molecular formula is C18H17FN2O7. The van der Waals surface area contributed by atoms with Gasteiger partial charge in [0.1, 0.15) is 12.7 Å². The number of nitrogens with zero attached hydrogens (tertiary/aromatic N) is 1. The van der Waals surface area contributed by atoms with Crippen molar-refractivity contribution in [2.24, 2.45) is 0 Å². The molecule has 1 aromatic heterocycles. The highest BCUT2D eigenvalue weighted by molar-refractivity contribution is 5.89. The number of hydrogen-bond donors (Lipinski definition) is 1. The Morgan fingerprint density at radius 1 is 1.21 bits per heavy atom. The normalized spacial score (nSPS) is 23.9. The Kier molecular flexibility index (Phi) is 5.69. The number of ether oxygens (including phenoxy) is 3. The monoisotopic (exact) mass is 392 g/mol. The maximum absolute atomic E-state index is 14.9. The van der Waals surface area contributed by atoms with Crippen molar-refractivity contribution in [3.63, 3.8) is 0 Å². The maximum atomic E-state index is 14.9. The molecule has 1 N–H and O–H groups in total. The summed E-state index contributed by atoms with van der Waals surface area (Å²) in [5, 5.41) is 0. The largest absolute Gasteiger partial charge is 0.459 e. The van der Waals surface area contributed by atoms with E-state index in [0.717, 1.165) is 23.8 Å². The molecule has 1 aliphatic heterocycles. The van der Waals surface area contributed by atoms with E-state index in [1.54, 1.807) is 30.3 Å². The number of nitrogens with one attached hydrogen (secondary N) is 1. The third-order valence-corrected chi connectivity index (χ3v) is 4.08.